The first-order chi connectivity index (χ1) is 16.6. The molecule has 8 nitrogen and oxygen atoms in total. The van der Waals surface area contributed by atoms with Crippen molar-refractivity contribution in [1.82, 2.24) is 30.1 Å². The Hall–Kier alpha value is -4.79. The average Bonchev–Trinajstić information content (AvgIpc) is 3.47. The van der Waals surface area contributed by atoms with E-state index in [4.69, 9.17) is 9.72 Å². The Bertz CT molecular complexity index is 1690. The Labute approximate surface area is 192 Å². The molecule has 166 valence electrons. The fourth-order valence-corrected chi connectivity index (χ4v) is 4.04. The molecule has 0 saturated heterocycles. The molecule has 0 bridgehead atoms. The lowest BCUT2D eigenvalue weighted by atomic mass is 10.0. The Balaban J connectivity index is 1.50. The second kappa shape index (κ2) is 7.66. The van der Waals surface area contributed by atoms with Crippen LogP contribution in [0.4, 0.5) is 4.39 Å². The molecule has 6 aromatic rings. The number of nitrogens with one attached hydrogen (secondary N) is 2. The van der Waals surface area contributed by atoms with E-state index in [1.165, 1.54) is 25.4 Å². The molecule has 34 heavy (non-hydrogen) atoms. The van der Waals surface area contributed by atoms with Gasteiger partial charge in [-0.15, -0.1) is 0 Å². The summed E-state index contributed by atoms with van der Waals surface area (Å²) >= 11 is 0. The molecule has 0 unspecified atom stereocenters. The fourth-order valence-electron chi connectivity index (χ4n) is 4.04. The quantitative estimate of drug-likeness (QED) is 0.344. The highest BCUT2D eigenvalue weighted by atomic mass is 19.1. The predicted molar refractivity (Wildman–Crippen MR) is 126 cm³/mol. The summed E-state index contributed by atoms with van der Waals surface area (Å²) in [4.78, 5) is 16.6. The van der Waals surface area contributed by atoms with Crippen LogP contribution in [0.5, 0.6) is 11.5 Å². The number of fused-ring (bicyclic) bond motifs is 2. The molecule has 0 aliphatic heterocycles. The number of pyridine rings is 2. The van der Waals surface area contributed by atoms with Crippen LogP contribution in [-0.4, -0.2) is 42.3 Å². The summed E-state index contributed by atoms with van der Waals surface area (Å²) in [6.07, 6.45) is 4.68. The number of H-pyrrole nitrogens is 2. The zero-order chi connectivity index (χ0) is 23.2. The number of methoxy groups -OCH3 is 1. The predicted octanol–water partition coefficient (Wildman–Crippen LogP) is 5.08. The van der Waals surface area contributed by atoms with Gasteiger partial charge in [0.2, 0.25) is 0 Å². The number of nitrogens with zero attached hydrogens (tertiary/aromatic N) is 4. The molecule has 9 heteroatoms. The molecule has 0 aliphatic carbocycles. The molecule has 0 radical (unpaired) electrons. The third-order valence-electron chi connectivity index (χ3n) is 5.62. The monoisotopic (exact) mass is 452 g/mol. The first kappa shape index (κ1) is 19.9. The number of aromatic hydroxyl groups is 1. The van der Waals surface area contributed by atoms with Crippen molar-refractivity contribution in [3.8, 4) is 45.4 Å². The zero-order valence-corrected chi connectivity index (χ0v) is 17.9. The number of halogens is 1. The smallest absolute Gasteiger partial charge is 0.159 e. The van der Waals surface area contributed by atoms with Gasteiger partial charge in [0, 0.05) is 28.8 Å². The molecule has 0 aliphatic rings. The van der Waals surface area contributed by atoms with E-state index in [1.807, 2.05) is 24.3 Å². The van der Waals surface area contributed by atoms with Crippen LogP contribution in [0.3, 0.4) is 0 Å². The van der Waals surface area contributed by atoms with Crippen molar-refractivity contribution in [3.63, 3.8) is 0 Å². The van der Waals surface area contributed by atoms with Gasteiger partial charge in [0.25, 0.3) is 0 Å². The number of ether oxygens (including phenoxy) is 1. The molecule has 0 atom stereocenters. The van der Waals surface area contributed by atoms with Gasteiger partial charge in [0.1, 0.15) is 23.0 Å². The van der Waals surface area contributed by atoms with Crippen LogP contribution in [0.1, 0.15) is 0 Å². The minimum absolute atomic E-state index is 0.0607. The molecule has 4 heterocycles. The average molecular weight is 452 g/mol. The number of hydrogen-bond acceptors (Lipinski definition) is 6. The van der Waals surface area contributed by atoms with Gasteiger partial charge in [0.05, 0.1) is 41.7 Å². The largest absolute Gasteiger partial charge is 0.506 e. The van der Waals surface area contributed by atoms with E-state index >= 15 is 0 Å². The van der Waals surface area contributed by atoms with E-state index in [0.717, 1.165) is 22.0 Å². The van der Waals surface area contributed by atoms with Gasteiger partial charge < -0.3 is 14.8 Å². The van der Waals surface area contributed by atoms with Gasteiger partial charge in [-0.25, -0.2) is 9.37 Å². The number of para-hydroxylation sites is 1. The number of aromatic nitrogens is 6. The molecular weight excluding hydrogens is 435 g/mol. The maximum atomic E-state index is 14.2. The molecule has 0 fully saturated rings. The Morgan fingerprint density at radius 1 is 0.971 bits per heavy atom. The topological polar surface area (TPSA) is 113 Å². The van der Waals surface area contributed by atoms with Gasteiger partial charge >= 0.3 is 0 Å². The van der Waals surface area contributed by atoms with E-state index < -0.39 is 0 Å². The lowest BCUT2D eigenvalue weighted by molar-refractivity contribution is 0.411. The Morgan fingerprint density at radius 3 is 2.74 bits per heavy atom. The second-order valence-corrected chi connectivity index (χ2v) is 7.79. The standard InChI is InChI=1S/C25H17FN6O2/c1-34-17-7-13(5-15(26)8-17)18-3-2-4-20-23(18)30-25(29-20)24-19-9-21(28-12-22(19)31-32-24)14-6-16(33)11-27-10-14/h2-12,33H,1H3,(H,29,30)(H,31,32). The van der Waals surface area contributed by atoms with Crippen molar-refractivity contribution in [3.05, 3.63) is 72.9 Å². The minimum Gasteiger partial charge on any atom is -0.506 e. The highest BCUT2D eigenvalue weighted by molar-refractivity contribution is 5.97. The van der Waals surface area contributed by atoms with Crippen molar-refractivity contribution in [2.45, 2.75) is 0 Å². The van der Waals surface area contributed by atoms with Gasteiger partial charge in [-0.1, -0.05) is 12.1 Å². The van der Waals surface area contributed by atoms with Crippen LogP contribution < -0.4 is 4.74 Å². The van der Waals surface area contributed by atoms with Crippen LogP contribution in [0.25, 0.3) is 55.8 Å². The molecule has 6 rings (SSSR count). The summed E-state index contributed by atoms with van der Waals surface area (Å²) < 4.78 is 19.4. The van der Waals surface area contributed by atoms with Crippen LogP contribution in [0, 0.1) is 5.82 Å². The first-order valence-electron chi connectivity index (χ1n) is 10.4. The zero-order valence-electron chi connectivity index (χ0n) is 17.9. The van der Waals surface area contributed by atoms with E-state index in [0.29, 0.717) is 39.6 Å². The van der Waals surface area contributed by atoms with Crippen molar-refractivity contribution >= 4 is 21.9 Å². The minimum atomic E-state index is -0.387. The molecule has 0 spiro atoms. The maximum absolute atomic E-state index is 14.2. The van der Waals surface area contributed by atoms with Crippen LogP contribution in [-0.2, 0) is 0 Å². The number of rotatable bonds is 4. The summed E-state index contributed by atoms with van der Waals surface area (Å²) in [6.45, 7) is 0. The summed E-state index contributed by atoms with van der Waals surface area (Å²) in [6, 6.07) is 13.7. The summed E-state index contributed by atoms with van der Waals surface area (Å²) in [5.41, 5.74) is 5.59. The molecule has 2 aromatic carbocycles. The van der Waals surface area contributed by atoms with Gasteiger partial charge in [-0.3, -0.25) is 15.1 Å². The van der Waals surface area contributed by atoms with Crippen LogP contribution in [0.2, 0.25) is 0 Å². The summed E-state index contributed by atoms with van der Waals surface area (Å²) in [7, 11) is 1.50. The normalized spacial score (nSPS) is 11.4. The van der Waals surface area contributed by atoms with E-state index in [9.17, 15) is 9.50 Å². The van der Waals surface area contributed by atoms with Crippen LogP contribution in [0.15, 0.2) is 67.1 Å². The Kier molecular flexibility index (Phi) is 4.48. The van der Waals surface area contributed by atoms with Gasteiger partial charge in [-0.2, -0.15) is 5.10 Å². The number of imidazole rings is 1. The highest BCUT2D eigenvalue weighted by Gasteiger charge is 2.17. The van der Waals surface area contributed by atoms with Gasteiger partial charge in [0.15, 0.2) is 5.82 Å². The fraction of sp³-hybridized carbons (Fsp3) is 0.0400. The number of benzene rings is 2. The van der Waals surface area contributed by atoms with E-state index in [1.54, 1.807) is 24.5 Å². The molecule has 4 aromatic heterocycles. The lowest BCUT2D eigenvalue weighted by Gasteiger charge is -2.06. The molecule has 3 N–H and O–H groups in total. The Morgan fingerprint density at radius 2 is 1.88 bits per heavy atom. The molecule has 0 amide bonds. The van der Waals surface area contributed by atoms with E-state index in [2.05, 4.69) is 25.1 Å². The summed E-state index contributed by atoms with van der Waals surface area (Å²) in [5, 5.41) is 18.0. The maximum Gasteiger partial charge on any atom is 0.159 e. The van der Waals surface area contributed by atoms with E-state index in [-0.39, 0.29) is 11.6 Å². The van der Waals surface area contributed by atoms with Crippen LogP contribution >= 0.6 is 0 Å². The second-order valence-electron chi connectivity index (χ2n) is 7.79. The van der Waals surface area contributed by atoms with Gasteiger partial charge in [-0.05, 0) is 35.9 Å². The highest BCUT2D eigenvalue weighted by Crippen LogP contribution is 2.34. The number of aromatic amines is 2. The SMILES string of the molecule is COc1cc(F)cc(-c2cccc3[nH]c(-c4n[nH]c5cnc(-c6cncc(O)c6)cc45)nc23)c1. The summed E-state index contributed by atoms with van der Waals surface area (Å²) in [5.74, 6) is 0.665. The van der Waals surface area contributed by atoms with Crippen molar-refractivity contribution < 1.29 is 14.2 Å². The third kappa shape index (κ3) is 3.30. The number of hydrogen-bond donors (Lipinski definition) is 3. The van der Waals surface area contributed by atoms with Crippen molar-refractivity contribution in [2.24, 2.45) is 0 Å². The lowest BCUT2D eigenvalue weighted by Crippen LogP contribution is -1.88. The van der Waals surface area contributed by atoms with Crippen molar-refractivity contribution in [1.29, 1.82) is 0 Å². The first-order valence-corrected chi connectivity index (χ1v) is 10.4. The molecule has 0 saturated carbocycles. The molecular formula is C25H17FN6O2. The van der Waals surface area contributed by atoms with Crippen molar-refractivity contribution in [2.75, 3.05) is 7.11 Å². The third-order valence-corrected chi connectivity index (χ3v) is 5.62.